The van der Waals surface area contributed by atoms with Crippen LogP contribution < -0.4 is 5.32 Å². The summed E-state index contributed by atoms with van der Waals surface area (Å²) in [7, 11) is -3.26. The van der Waals surface area contributed by atoms with E-state index in [0.29, 0.717) is 5.82 Å². The van der Waals surface area contributed by atoms with Crippen LogP contribution in [0.25, 0.3) is 0 Å². The standard InChI is InChI=1S/C14H16F3N3O2S/c1-10(11-3-5-12(6-4-11)23(2,21)22)18-13-7-8-20(19-13)9-14(15,16)17/h3-8,10H,9H2,1-2H3,(H,18,19)/t10-/m0/s1. The average Bonchev–Trinajstić information content (AvgIpc) is 2.82. The Kier molecular flexibility index (Phi) is 4.69. The molecule has 1 aromatic heterocycles. The molecule has 0 amide bonds. The van der Waals surface area contributed by atoms with Crippen LogP contribution in [0.5, 0.6) is 0 Å². The van der Waals surface area contributed by atoms with E-state index in [2.05, 4.69) is 10.4 Å². The van der Waals surface area contributed by atoms with E-state index in [0.717, 1.165) is 16.5 Å². The molecular formula is C14H16F3N3O2S. The maximum Gasteiger partial charge on any atom is 0.408 e. The molecule has 0 saturated heterocycles. The van der Waals surface area contributed by atoms with Crippen molar-refractivity contribution in [3.63, 3.8) is 0 Å². The molecule has 0 aliphatic rings. The van der Waals surface area contributed by atoms with E-state index < -0.39 is 22.6 Å². The molecule has 0 unspecified atom stereocenters. The second kappa shape index (κ2) is 6.23. The Bertz CT molecular complexity index is 767. The second-order valence-electron chi connectivity index (χ2n) is 5.22. The van der Waals surface area contributed by atoms with Gasteiger partial charge in [-0.05, 0) is 24.6 Å². The molecular weight excluding hydrogens is 331 g/mol. The first kappa shape index (κ1) is 17.3. The van der Waals surface area contributed by atoms with Crippen molar-refractivity contribution in [1.82, 2.24) is 9.78 Å². The number of hydrogen-bond acceptors (Lipinski definition) is 4. The van der Waals surface area contributed by atoms with Crippen LogP contribution in [0.2, 0.25) is 0 Å². The molecule has 0 saturated carbocycles. The van der Waals surface area contributed by atoms with Gasteiger partial charge < -0.3 is 5.32 Å². The highest BCUT2D eigenvalue weighted by Crippen LogP contribution is 2.21. The Morgan fingerprint density at radius 3 is 2.35 bits per heavy atom. The predicted octanol–water partition coefficient (Wildman–Crippen LogP) is 3.02. The first-order valence-electron chi connectivity index (χ1n) is 6.71. The monoisotopic (exact) mass is 347 g/mol. The van der Waals surface area contributed by atoms with Crippen LogP contribution >= 0.6 is 0 Å². The van der Waals surface area contributed by atoms with E-state index >= 15 is 0 Å². The summed E-state index contributed by atoms with van der Waals surface area (Å²) in [6.45, 7) is 0.657. The maximum atomic E-state index is 12.3. The fraction of sp³-hybridized carbons (Fsp3) is 0.357. The van der Waals surface area contributed by atoms with E-state index in [1.807, 2.05) is 0 Å². The van der Waals surface area contributed by atoms with Crippen molar-refractivity contribution in [1.29, 1.82) is 0 Å². The number of benzene rings is 1. The molecule has 5 nitrogen and oxygen atoms in total. The lowest BCUT2D eigenvalue weighted by molar-refractivity contribution is -0.142. The SMILES string of the molecule is C[C@H](Nc1ccn(CC(F)(F)F)n1)c1ccc(S(C)(=O)=O)cc1. The fourth-order valence-corrected chi connectivity index (χ4v) is 2.65. The van der Waals surface area contributed by atoms with Crippen molar-refractivity contribution in [3.8, 4) is 0 Å². The van der Waals surface area contributed by atoms with E-state index in [-0.39, 0.29) is 10.9 Å². The van der Waals surface area contributed by atoms with Gasteiger partial charge in [0, 0.05) is 24.6 Å². The van der Waals surface area contributed by atoms with Gasteiger partial charge in [-0.15, -0.1) is 0 Å². The normalized spacial score (nSPS) is 13.8. The number of anilines is 1. The van der Waals surface area contributed by atoms with E-state index in [4.69, 9.17) is 0 Å². The quantitative estimate of drug-likeness (QED) is 0.903. The van der Waals surface area contributed by atoms with Crippen LogP contribution in [0, 0.1) is 0 Å². The van der Waals surface area contributed by atoms with Gasteiger partial charge in [-0.25, -0.2) is 8.42 Å². The van der Waals surface area contributed by atoms with E-state index in [1.54, 1.807) is 19.1 Å². The number of hydrogen-bond donors (Lipinski definition) is 1. The molecule has 23 heavy (non-hydrogen) atoms. The predicted molar refractivity (Wildman–Crippen MR) is 79.9 cm³/mol. The molecule has 126 valence electrons. The van der Waals surface area contributed by atoms with Gasteiger partial charge in [0.05, 0.1) is 4.90 Å². The molecule has 0 aliphatic carbocycles. The van der Waals surface area contributed by atoms with Gasteiger partial charge in [0.25, 0.3) is 0 Å². The molecule has 1 atom stereocenters. The molecule has 2 rings (SSSR count). The molecule has 9 heteroatoms. The Morgan fingerprint density at radius 2 is 1.83 bits per heavy atom. The number of aromatic nitrogens is 2. The van der Waals surface area contributed by atoms with Crippen LogP contribution in [-0.4, -0.2) is 30.6 Å². The molecule has 0 radical (unpaired) electrons. The Balaban J connectivity index is 2.06. The highest BCUT2D eigenvalue weighted by Gasteiger charge is 2.28. The van der Waals surface area contributed by atoms with E-state index in [1.165, 1.54) is 24.4 Å². The lowest BCUT2D eigenvalue weighted by Crippen LogP contribution is -2.18. The van der Waals surface area contributed by atoms with Gasteiger partial charge in [-0.3, -0.25) is 4.68 Å². The van der Waals surface area contributed by atoms with Crippen LogP contribution in [0.15, 0.2) is 41.4 Å². The minimum Gasteiger partial charge on any atom is -0.362 e. The summed E-state index contributed by atoms with van der Waals surface area (Å²) in [6, 6.07) is 7.50. The highest BCUT2D eigenvalue weighted by molar-refractivity contribution is 7.90. The summed E-state index contributed by atoms with van der Waals surface area (Å²) in [5, 5.41) is 6.78. The summed E-state index contributed by atoms with van der Waals surface area (Å²) in [6.07, 6.45) is -1.96. The van der Waals surface area contributed by atoms with Crippen molar-refractivity contribution >= 4 is 15.7 Å². The number of rotatable bonds is 5. The fourth-order valence-electron chi connectivity index (χ4n) is 2.02. The molecule has 0 aliphatic heterocycles. The van der Waals surface area contributed by atoms with Crippen LogP contribution in [-0.2, 0) is 16.4 Å². The van der Waals surface area contributed by atoms with Crippen LogP contribution in [0.4, 0.5) is 19.0 Å². The van der Waals surface area contributed by atoms with Crippen molar-refractivity contribution in [3.05, 3.63) is 42.1 Å². The zero-order chi connectivity index (χ0) is 17.3. The Labute approximate surface area is 132 Å². The van der Waals surface area contributed by atoms with E-state index in [9.17, 15) is 21.6 Å². The third-order valence-corrected chi connectivity index (χ3v) is 4.28. The maximum absolute atomic E-state index is 12.3. The van der Waals surface area contributed by atoms with Crippen molar-refractivity contribution in [2.45, 2.75) is 30.6 Å². The number of nitrogens with zero attached hydrogens (tertiary/aromatic N) is 2. The lowest BCUT2D eigenvalue weighted by atomic mass is 10.1. The first-order chi connectivity index (χ1) is 10.5. The second-order valence-corrected chi connectivity index (χ2v) is 7.24. The average molecular weight is 347 g/mol. The van der Waals surface area contributed by atoms with Gasteiger partial charge in [-0.2, -0.15) is 18.3 Å². The summed E-state index contributed by atoms with van der Waals surface area (Å²) in [5.74, 6) is 0.314. The molecule has 1 aromatic carbocycles. The summed E-state index contributed by atoms with van der Waals surface area (Å²) in [5.41, 5.74) is 0.794. The Hall–Kier alpha value is -2.03. The number of sulfone groups is 1. The minimum absolute atomic E-state index is 0.211. The number of halogens is 3. The van der Waals surface area contributed by atoms with Gasteiger partial charge in [0.2, 0.25) is 0 Å². The number of nitrogens with one attached hydrogen (secondary N) is 1. The van der Waals surface area contributed by atoms with Gasteiger partial charge >= 0.3 is 6.18 Å². The largest absolute Gasteiger partial charge is 0.408 e. The minimum atomic E-state index is -4.32. The zero-order valence-corrected chi connectivity index (χ0v) is 13.3. The van der Waals surface area contributed by atoms with Gasteiger partial charge in [-0.1, -0.05) is 12.1 Å². The summed E-state index contributed by atoms with van der Waals surface area (Å²) in [4.78, 5) is 0.211. The molecule has 1 heterocycles. The molecule has 0 fully saturated rings. The summed E-state index contributed by atoms with van der Waals surface area (Å²) < 4.78 is 60.5. The topological polar surface area (TPSA) is 64.0 Å². The smallest absolute Gasteiger partial charge is 0.362 e. The lowest BCUT2D eigenvalue weighted by Gasteiger charge is -2.14. The van der Waals surface area contributed by atoms with Crippen molar-refractivity contribution in [2.24, 2.45) is 0 Å². The Morgan fingerprint density at radius 1 is 1.22 bits per heavy atom. The molecule has 1 N–H and O–H groups in total. The van der Waals surface area contributed by atoms with Gasteiger partial charge in [0.1, 0.15) is 12.4 Å². The molecule has 0 spiro atoms. The van der Waals surface area contributed by atoms with Crippen LogP contribution in [0.1, 0.15) is 18.5 Å². The number of alkyl halides is 3. The van der Waals surface area contributed by atoms with Crippen molar-refractivity contribution < 1.29 is 21.6 Å². The first-order valence-corrected chi connectivity index (χ1v) is 8.60. The van der Waals surface area contributed by atoms with Crippen LogP contribution in [0.3, 0.4) is 0 Å². The third kappa shape index (κ3) is 4.98. The summed E-state index contributed by atoms with van der Waals surface area (Å²) >= 11 is 0. The zero-order valence-electron chi connectivity index (χ0n) is 12.5. The third-order valence-electron chi connectivity index (χ3n) is 3.15. The van der Waals surface area contributed by atoms with Crippen molar-refractivity contribution in [2.75, 3.05) is 11.6 Å². The van der Waals surface area contributed by atoms with Gasteiger partial charge in [0.15, 0.2) is 9.84 Å². The molecule has 2 aromatic rings. The highest BCUT2D eigenvalue weighted by atomic mass is 32.2. The molecule has 0 bridgehead atoms.